The van der Waals surface area contributed by atoms with Crippen molar-refractivity contribution in [2.75, 3.05) is 0 Å². The van der Waals surface area contributed by atoms with E-state index in [1.165, 1.54) is 19.3 Å². The molecule has 0 spiro atoms. The highest BCUT2D eigenvalue weighted by Gasteiger charge is 2.32. The van der Waals surface area contributed by atoms with Gasteiger partial charge in [-0.2, -0.15) is 5.10 Å². The van der Waals surface area contributed by atoms with Gasteiger partial charge >= 0.3 is 0 Å². The van der Waals surface area contributed by atoms with Gasteiger partial charge in [0.15, 0.2) is 0 Å². The van der Waals surface area contributed by atoms with Crippen LogP contribution in [0.3, 0.4) is 0 Å². The summed E-state index contributed by atoms with van der Waals surface area (Å²) < 4.78 is 2.02. The lowest BCUT2D eigenvalue weighted by Gasteiger charge is -2.29. The lowest BCUT2D eigenvalue weighted by Crippen LogP contribution is -2.42. The van der Waals surface area contributed by atoms with Crippen molar-refractivity contribution in [3.05, 3.63) is 16.4 Å². The molecule has 120 valence electrons. The number of rotatable bonds is 4. The second kappa shape index (κ2) is 6.70. The van der Waals surface area contributed by atoms with Crippen molar-refractivity contribution in [1.29, 1.82) is 0 Å². The molecule has 1 aromatic rings. The van der Waals surface area contributed by atoms with Gasteiger partial charge in [0, 0.05) is 18.5 Å². The van der Waals surface area contributed by atoms with Crippen LogP contribution in [0.25, 0.3) is 0 Å². The third-order valence-electron chi connectivity index (χ3n) is 5.18. The van der Waals surface area contributed by atoms with Gasteiger partial charge in [0.1, 0.15) is 0 Å². The minimum absolute atomic E-state index is 0.118. The molecule has 0 bridgehead atoms. The molecule has 0 aromatic carbocycles. The van der Waals surface area contributed by atoms with Gasteiger partial charge in [-0.1, -0.05) is 38.3 Å². The average molecular weight is 312 g/mol. The van der Waals surface area contributed by atoms with Crippen LogP contribution in [0.1, 0.15) is 64.3 Å². The Hall–Kier alpha value is -0.540. The monoisotopic (exact) mass is 311 g/mol. The molecule has 1 aliphatic carbocycles. The summed E-state index contributed by atoms with van der Waals surface area (Å²) in [5, 5.41) is 5.33. The maximum atomic E-state index is 6.76. The van der Waals surface area contributed by atoms with Crippen LogP contribution in [0, 0.1) is 18.8 Å². The fourth-order valence-electron chi connectivity index (χ4n) is 3.67. The van der Waals surface area contributed by atoms with Gasteiger partial charge < -0.3 is 5.73 Å². The zero-order chi connectivity index (χ0) is 15.6. The molecule has 2 atom stereocenters. The lowest BCUT2D eigenvalue weighted by atomic mass is 9.84. The van der Waals surface area contributed by atoms with E-state index < -0.39 is 0 Å². The number of aromatic nitrogens is 2. The molecule has 1 heterocycles. The first kappa shape index (κ1) is 16.8. The van der Waals surface area contributed by atoms with E-state index in [1.807, 2.05) is 11.6 Å². The number of aryl methyl sites for hydroxylation is 2. The van der Waals surface area contributed by atoms with Crippen molar-refractivity contribution < 1.29 is 0 Å². The standard InChI is InChI=1S/C17H30ClN3/c1-5-21-15(16(18)13(4)20-21)11-17(19)9-6-7-14(8-10-17)12(2)3/h12,14H,5-11,19H2,1-4H3. The van der Waals surface area contributed by atoms with E-state index in [4.69, 9.17) is 17.3 Å². The first-order valence-corrected chi connectivity index (χ1v) is 8.74. The van der Waals surface area contributed by atoms with Crippen LogP contribution < -0.4 is 5.73 Å². The van der Waals surface area contributed by atoms with Gasteiger partial charge in [-0.25, -0.2) is 0 Å². The maximum absolute atomic E-state index is 6.76. The molecular formula is C17H30ClN3. The predicted molar refractivity (Wildman–Crippen MR) is 89.7 cm³/mol. The van der Waals surface area contributed by atoms with E-state index >= 15 is 0 Å². The Balaban J connectivity index is 2.14. The zero-order valence-corrected chi connectivity index (χ0v) is 14.7. The van der Waals surface area contributed by atoms with E-state index in [1.54, 1.807) is 0 Å². The van der Waals surface area contributed by atoms with E-state index in [0.29, 0.717) is 0 Å². The predicted octanol–water partition coefficient (Wildman–Crippen LogP) is 4.34. The summed E-state index contributed by atoms with van der Waals surface area (Å²) in [4.78, 5) is 0. The molecule has 0 saturated heterocycles. The van der Waals surface area contributed by atoms with Crippen molar-refractivity contribution in [3.63, 3.8) is 0 Å². The van der Waals surface area contributed by atoms with Crippen LogP contribution in [0.15, 0.2) is 0 Å². The number of hydrogen-bond acceptors (Lipinski definition) is 2. The second-order valence-electron chi connectivity index (χ2n) is 7.14. The van der Waals surface area contributed by atoms with Crippen molar-refractivity contribution in [2.45, 2.75) is 78.3 Å². The van der Waals surface area contributed by atoms with E-state index in [0.717, 1.165) is 54.1 Å². The third-order valence-corrected chi connectivity index (χ3v) is 5.67. The Morgan fingerprint density at radius 2 is 2.10 bits per heavy atom. The number of nitrogens with two attached hydrogens (primary N) is 1. The zero-order valence-electron chi connectivity index (χ0n) is 14.0. The molecule has 1 fully saturated rings. The van der Waals surface area contributed by atoms with Crippen LogP contribution in [0.4, 0.5) is 0 Å². The molecule has 3 nitrogen and oxygen atoms in total. The summed E-state index contributed by atoms with van der Waals surface area (Å²) in [5.41, 5.74) is 8.69. The topological polar surface area (TPSA) is 43.8 Å². The van der Waals surface area contributed by atoms with Crippen molar-refractivity contribution >= 4 is 11.6 Å². The molecule has 2 unspecified atom stereocenters. The van der Waals surface area contributed by atoms with Gasteiger partial charge in [0.05, 0.1) is 16.4 Å². The second-order valence-corrected chi connectivity index (χ2v) is 7.51. The Labute approximate surface area is 134 Å². The molecule has 21 heavy (non-hydrogen) atoms. The van der Waals surface area contributed by atoms with Gasteiger partial charge in [-0.3, -0.25) is 4.68 Å². The largest absolute Gasteiger partial charge is 0.325 e. The van der Waals surface area contributed by atoms with E-state index in [-0.39, 0.29) is 5.54 Å². The fourth-order valence-corrected chi connectivity index (χ4v) is 3.88. The van der Waals surface area contributed by atoms with Crippen molar-refractivity contribution in [3.8, 4) is 0 Å². The van der Waals surface area contributed by atoms with Crippen molar-refractivity contribution in [2.24, 2.45) is 17.6 Å². The summed E-state index contributed by atoms with van der Waals surface area (Å²) in [5.74, 6) is 1.59. The molecule has 0 amide bonds. The van der Waals surface area contributed by atoms with E-state index in [2.05, 4.69) is 25.9 Å². The highest BCUT2D eigenvalue weighted by atomic mass is 35.5. The van der Waals surface area contributed by atoms with Crippen LogP contribution in [-0.2, 0) is 13.0 Å². The SMILES string of the molecule is CCn1nc(C)c(Cl)c1CC1(N)CCCC(C(C)C)CC1. The smallest absolute Gasteiger partial charge is 0.0847 e. The molecule has 4 heteroatoms. The van der Waals surface area contributed by atoms with Gasteiger partial charge in [0.25, 0.3) is 0 Å². The molecule has 1 saturated carbocycles. The Morgan fingerprint density at radius 1 is 1.38 bits per heavy atom. The van der Waals surface area contributed by atoms with Crippen molar-refractivity contribution in [1.82, 2.24) is 9.78 Å². The summed E-state index contributed by atoms with van der Waals surface area (Å²) in [6, 6.07) is 0. The summed E-state index contributed by atoms with van der Waals surface area (Å²) in [7, 11) is 0. The van der Waals surface area contributed by atoms with Crippen LogP contribution in [0.2, 0.25) is 5.02 Å². The molecule has 1 aliphatic rings. The fraction of sp³-hybridized carbons (Fsp3) is 0.824. The first-order chi connectivity index (χ1) is 9.86. The number of hydrogen-bond donors (Lipinski definition) is 1. The highest BCUT2D eigenvalue weighted by Crippen LogP contribution is 2.36. The van der Waals surface area contributed by atoms with Crippen LogP contribution in [-0.4, -0.2) is 15.3 Å². The quantitative estimate of drug-likeness (QED) is 0.841. The number of nitrogens with zero attached hydrogens (tertiary/aromatic N) is 2. The molecule has 0 radical (unpaired) electrons. The minimum Gasteiger partial charge on any atom is -0.325 e. The minimum atomic E-state index is -0.118. The maximum Gasteiger partial charge on any atom is 0.0847 e. The summed E-state index contributed by atoms with van der Waals surface area (Å²) >= 11 is 6.45. The Bertz CT molecular complexity index is 481. The van der Waals surface area contributed by atoms with Gasteiger partial charge in [-0.05, 0) is 44.9 Å². The van der Waals surface area contributed by atoms with Gasteiger partial charge in [0.2, 0.25) is 0 Å². The Morgan fingerprint density at radius 3 is 2.71 bits per heavy atom. The molecule has 1 aromatic heterocycles. The molecular weight excluding hydrogens is 282 g/mol. The average Bonchev–Trinajstić information content (AvgIpc) is 2.61. The lowest BCUT2D eigenvalue weighted by molar-refractivity contribution is 0.318. The first-order valence-electron chi connectivity index (χ1n) is 8.37. The van der Waals surface area contributed by atoms with E-state index in [9.17, 15) is 0 Å². The highest BCUT2D eigenvalue weighted by molar-refractivity contribution is 6.31. The Kier molecular flexibility index (Phi) is 5.37. The van der Waals surface area contributed by atoms with Crippen LogP contribution >= 0.6 is 11.6 Å². The molecule has 2 rings (SSSR count). The molecule has 2 N–H and O–H groups in total. The number of halogens is 1. The normalized spacial score (nSPS) is 27.1. The van der Waals surface area contributed by atoms with Crippen LogP contribution in [0.5, 0.6) is 0 Å². The van der Waals surface area contributed by atoms with Gasteiger partial charge in [-0.15, -0.1) is 0 Å². The summed E-state index contributed by atoms with van der Waals surface area (Å²) in [6.45, 7) is 9.61. The summed E-state index contributed by atoms with van der Waals surface area (Å²) in [6.07, 6.45) is 6.84. The molecule has 0 aliphatic heterocycles. The third kappa shape index (κ3) is 3.81.